The van der Waals surface area contributed by atoms with E-state index in [2.05, 4.69) is 5.32 Å². The molecule has 0 aliphatic heterocycles. The van der Waals surface area contributed by atoms with Gasteiger partial charge in [-0.05, 0) is 18.2 Å². The lowest BCUT2D eigenvalue weighted by Gasteiger charge is -2.10. The first kappa shape index (κ1) is 19.6. The molecule has 142 valence electrons. The molecule has 2 aromatic carbocycles. The molecule has 0 bridgehead atoms. The highest BCUT2D eigenvalue weighted by atomic mass is 19.1. The van der Waals surface area contributed by atoms with Gasteiger partial charge in [-0.25, -0.2) is 9.18 Å². The average molecular weight is 378 g/mol. The van der Waals surface area contributed by atoms with Gasteiger partial charge in [0.15, 0.2) is 24.7 Å². The fourth-order valence-corrected chi connectivity index (χ4v) is 1.97. The highest BCUT2D eigenvalue weighted by Crippen LogP contribution is 2.25. The van der Waals surface area contributed by atoms with Crippen LogP contribution in [0, 0.1) is 15.9 Å². The molecule has 0 aromatic heterocycles. The van der Waals surface area contributed by atoms with Gasteiger partial charge in [0, 0.05) is 12.1 Å². The number of benzene rings is 2. The van der Waals surface area contributed by atoms with Crippen LogP contribution in [0.4, 0.5) is 15.8 Å². The number of carbonyl (C=O) groups excluding carboxylic acids is 2. The number of amides is 1. The van der Waals surface area contributed by atoms with Crippen LogP contribution >= 0.6 is 0 Å². The molecule has 27 heavy (non-hydrogen) atoms. The predicted octanol–water partition coefficient (Wildman–Crippen LogP) is 2.30. The van der Waals surface area contributed by atoms with Gasteiger partial charge < -0.3 is 19.5 Å². The maximum atomic E-state index is 13.6. The monoisotopic (exact) mass is 378 g/mol. The standard InChI is InChI=1S/C17H15FN2O7/c1-25-14-4-2-3-5-15(14)26-10-17(22)27-9-16(21)19-13-8-11(20(23)24)6-7-12(13)18/h2-8H,9-10H2,1H3,(H,19,21). The van der Waals surface area contributed by atoms with Gasteiger partial charge in [-0.3, -0.25) is 14.9 Å². The number of hydrogen-bond donors (Lipinski definition) is 1. The van der Waals surface area contributed by atoms with Crippen LogP contribution in [0.3, 0.4) is 0 Å². The number of esters is 1. The second-order valence-electron chi connectivity index (χ2n) is 5.07. The SMILES string of the molecule is COc1ccccc1OCC(=O)OCC(=O)Nc1cc([N+](=O)[O-])ccc1F. The molecular formula is C17H15FN2O7. The molecule has 0 fully saturated rings. The molecule has 2 rings (SSSR count). The fraction of sp³-hybridized carbons (Fsp3) is 0.176. The van der Waals surface area contributed by atoms with Gasteiger partial charge in [-0.2, -0.15) is 0 Å². The third-order valence-corrected chi connectivity index (χ3v) is 3.21. The van der Waals surface area contributed by atoms with E-state index in [4.69, 9.17) is 14.2 Å². The summed E-state index contributed by atoms with van der Waals surface area (Å²) in [6, 6.07) is 9.30. The average Bonchev–Trinajstić information content (AvgIpc) is 2.66. The van der Waals surface area contributed by atoms with Gasteiger partial charge in [-0.15, -0.1) is 0 Å². The van der Waals surface area contributed by atoms with Crippen LogP contribution in [0.5, 0.6) is 11.5 Å². The van der Waals surface area contributed by atoms with Crippen molar-refractivity contribution in [3.8, 4) is 11.5 Å². The number of halogens is 1. The minimum Gasteiger partial charge on any atom is -0.493 e. The zero-order valence-electron chi connectivity index (χ0n) is 14.1. The minimum atomic E-state index is -0.861. The van der Waals surface area contributed by atoms with Crippen molar-refractivity contribution >= 4 is 23.3 Å². The summed E-state index contributed by atoms with van der Waals surface area (Å²) < 4.78 is 28.6. The van der Waals surface area contributed by atoms with E-state index in [9.17, 15) is 24.1 Å². The zero-order valence-corrected chi connectivity index (χ0v) is 14.1. The van der Waals surface area contributed by atoms with E-state index >= 15 is 0 Å². The predicted molar refractivity (Wildman–Crippen MR) is 91.1 cm³/mol. The van der Waals surface area contributed by atoms with Gasteiger partial charge >= 0.3 is 5.97 Å². The number of nitro benzene ring substituents is 1. The minimum absolute atomic E-state index is 0.320. The van der Waals surface area contributed by atoms with E-state index in [0.29, 0.717) is 11.5 Å². The number of anilines is 1. The Morgan fingerprint density at radius 1 is 1.15 bits per heavy atom. The summed E-state index contributed by atoms with van der Waals surface area (Å²) in [5.41, 5.74) is -0.788. The second kappa shape index (κ2) is 9.13. The molecule has 0 saturated heterocycles. The zero-order chi connectivity index (χ0) is 19.8. The van der Waals surface area contributed by atoms with Gasteiger partial charge in [0.25, 0.3) is 11.6 Å². The summed E-state index contributed by atoms with van der Waals surface area (Å²) >= 11 is 0. The van der Waals surface area contributed by atoms with Crippen molar-refractivity contribution in [2.75, 3.05) is 25.6 Å². The van der Waals surface area contributed by atoms with Crippen molar-refractivity contribution in [2.45, 2.75) is 0 Å². The fourth-order valence-electron chi connectivity index (χ4n) is 1.97. The van der Waals surface area contributed by atoms with Crippen molar-refractivity contribution in [3.63, 3.8) is 0 Å². The highest BCUT2D eigenvalue weighted by Gasteiger charge is 2.15. The Hall–Kier alpha value is -3.69. The molecule has 1 amide bonds. The molecule has 0 aliphatic carbocycles. The first-order valence-electron chi connectivity index (χ1n) is 7.56. The van der Waals surface area contributed by atoms with E-state index < -0.39 is 47.2 Å². The van der Waals surface area contributed by atoms with Crippen molar-refractivity contribution in [1.29, 1.82) is 0 Å². The molecule has 0 radical (unpaired) electrons. The maximum absolute atomic E-state index is 13.6. The Bertz CT molecular complexity index is 857. The van der Waals surface area contributed by atoms with Crippen molar-refractivity contribution in [3.05, 3.63) is 58.4 Å². The first-order valence-corrected chi connectivity index (χ1v) is 7.56. The van der Waals surface area contributed by atoms with Crippen molar-refractivity contribution < 1.29 is 33.1 Å². The summed E-state index contributed by atoms with van der Waals surface area (Å²) in [5, 5.41) is 12.8. The number of hydrogen-bond acceptors (Lipinski definition) is 7. The molecule has 10 heteroatoms. The third-order valence-electron chi connectivity index (χ3n) is 3.21. The summed E-state index contributed by atoms with van der Waals surface area (Å²) in [6.45, 7) is -1.19. The van der Waals surface area contributed by atoms with E-state index in [0.717, 1.165) is 18.2 Å². The smallest absolute Gasteiger partial charge is 0.344 e. The van der Waals surface area contributed by atoms with Crippen LogP contribution in [0.1, 0.15) is 0 Å². The van der Waals surface area contributed by atoms with Crippen LogP contribution in [0.25, 0.3) is 0 Å². The Balaban J connectivity index is 1.84. The lowest BCUT2D eigenvalue weighted by atomic mass is 10.2. The number of nitrogens with one attached hydrogen (secondary N) is 1. The highest BCUT2D eigenvalue weighted by molar-refractivity contribution is 5.93. The third kappa shape index (κ3) is 5.66. The quantitative estimate of drug-likeness (QED) is 0.425. The maximum Gasteiger partial charge on any atom is 0.344 e. The Kier molecular flexibility index (Phi) is 6.64. The molecule has 0 aliphatic rings. The summed E-state index contributed by atoms with van der Waals surface area (Å²) in [5.74, 6) is -1.82. The van der Waals surface area contributed by atoms with E-state index in [1.54, 1.807) is 24.3 Å². The Morgan fingerprint density at radius 3 is 2.52 bits per heavy atom. The van der Waals surface area contributed by atoms with E-state index in [1.807, 2.05) is 0 Å². The number of non-ortho nitro benzene ring substituents is 1. The van der Waals surface area contributed by atoms with Crippen LogP contribution < -0.4 is 14.8 Å². The van der Waals surface area contributed by atoms with E-state index in [1.165, 1.54) is 7.11 Å². The number of ether oxygens (including phenoxy) is 3. The van der Waals surface area contributed by atoms with Gasteiger partial charge in [0.1, 0.15) is 5.82 Å². The topological polar surface area (TPSA) is 117 Å². The Morgan fingerprint density at radius 2 is 1.85 bits per heavy atom. The number of carbonyl (C=O) groups is 2. The van der Waals surface area contributed by atoms with Crippen molar-refractivity contribution in [1.82, 2.24) is 0 Å². The second-order valence-corrected chi connectivity index (χ2v) is 5.07. The molecule has 0 spiro atoms. The van der Waals surface area contributed by atoms with Crippen LogP contribution in [0.2, 0.25) is 0 Å². The van der Waals surface area contributed by atoms with Crippen LogP contribution in [-0.2, 0) is 14.3 Å². The van der Waals surface area contributed by atoms with E-state index in [-0.39, 0.29) is 0 Å². The molecule has 9 nitrogen and oxygen atoms in total. The molecule has 0 saturated carbocycles. The lowest BCUT2D eigenvalue weighted by Crippen LogP contribution is -2.24. The number of rotatable bonds is 8. The summed E-state index contributed by atoms with van der Waals surface area (Å²) in [7, 11) is 1.44. The molecule has 0 heterocycles. The van der Waals surface area contributed by atoms with Crippen LogP contribution in [0.15, 0.2) is 42.5 Å². The molecule has 1 N–H and O–H groups in total. The van der Waals surface area contributed by atoms with Gasteiger partial charge in [0.2, 0.25) is 0 Å². The number of methoxy groups -OCH3 is 1. The Labute approximate surface area is 152 Å². The number of nitrogens with zero attached hydrogens (tertiary/aromatic N) is 1. The molecule has 2 aromatic rings. The largest absolute Gasteiger partial charge is 0.493 e. The van der Waals surface area contributed by atoms with Crippen LogP contribution in [-0.4, -0.2) is 37.1 Å². The lowest BCUT2D eigenvalue weighted by molar-refractivity contribution is -0.384. The molecular weight excluding hydrogens is 363 g/mol. The summed E-state index contributed by atoms with van der Waals surface area (Å²) in [4.78, 5) is 33.3. The molecule has 0 atom stereocenters. The normalized spacial score (nSPS) is 10.0. The van der Waals surface area contributed by atoms with Crippen molar-refractivity contribution in [2.24, 2.45) is 0 Å². The van der Waals surface area contributed by atoms with Gasteiger partial charge in [0.05, 0.1) is 17.7 Å². The number of nitro groups is 1. The van der Waals surface area contributed by atoms with Gasteiger partial charge in [-0.1, -0.05) is 12.1 Å². The summed E-state index contributed by atoms with van der Waals surface area (Å²) in [6.07, 6.45) is 0. The first-order chi connectivity index (χ1) is 12.9. The number of para-hydroxylation sites is 2. The molecule has 0 unspecified atom stereocenters.